The number of Topliss-reactive ketones (excluding diaryl/α,β-unsaturated/α-hetero) is 1. The van der Waals surface area contributed by atoms with Crippen LogP contribution in [-0.2, 0) is 0 Å². The third-order valence-corrected chi connectivity index (χ3v) is 5.38. The Morgan fingerprint density at radius 3 is 2.70 bits per heavy atom. The van der Waals surface area contributed by atoms with E-state index in [0.717, 1.165) is 38.3 Å². The molecule has 1 N–H and O–H groups in total. The molecule has 5 heteroatoms. The number of carbonyl (C=O) groups is 1. The molecule has 1 heterocycles. The third kappa shape index (κ3) is 5.92. The van der Waals surface area contributed by atoms with E-state index in [1.54, 1.807) is 0 Å². The van der Waals surface area contributed by atoms with E-state index in [9.17, 15) is 4.79 Å². The van der Waals surface area contributed by atoms with Gasteiger partial charge >= 0.3 is 0 Å². The summed E-state index contributed by atoms with van der Waals surface area (Å²) in [5, 5.41) is 4.18. The first-order valence-electron chi connectivity index (χ1n) is 8.45. The van der Waals surface area contributed by atoms with Gasteiger partial charge in [0, 0.05) is 43.5 Å². The van der Waals surface area contributed by atoms with E-state index in [-0.39, 0.29) is 5.78 Å². The monoisotopic (exact) mass is 335 g/mol. The van der Waals surface area contributed by atoms with Crippen molar-refractivity contribution in [2.75, 3.05) is 46.3 Å². The quantitative estimate of drug-likeness (QED) is 0.737. The van der Waals surface area contributed by atoms with Gasteiger partial charge < -0.3 is 5.32 Å². The van der Waals surface area contributed by atoms with Crippen molar-refractivity contribution in [2.24, 2.45) is 0 Å². The smallest absolute Gasteiger partial charge is 0.176 e. The van der Waals surface area contributed by atoms with Gasteiger partial charge in [-0.2, -0.15) is 0 Å². The molecule has 0 saturated carbocycles. The fourth-order valence-electron chi connectivity index (χ4n) is 2.84. The molecule has 1 atom stereocenters. The van der Waals surface area contributed by atoms with E-state index in [0.29, 0.717) is 17.2 Å². The lowest BCUT2D eigenvalue weighted by atomic mass is 10.1. The van der Waals surface area contributed by atoms with Crippen molar-refractivity contribution in [3.05, 3.63) is 35.9 Å². The Labute approximate surface area is 144 Å². The molecule has 1 aliphatic heterocycles. The molecular formula is C18H29N3OS. The van der Waals surface area contributed by atoms with Crippen LogP contribution in [0.3, 0.4) is 0 Å². The van der Waals surface area contributed by atoms with E-state index in [1.165, 1.54) is 0 Å². The van der Waals surface area contributed by atoms with Gasteiger partial charge in [0.2, 0.25) is 0 Å². The topological polar surface area (TPSA) is 35.6 Å². The molecule has 2 rings (SSSR count). The van der Waals surface area contributed by atoms with Crippen LogP contribution < -0.4 is 5.32 Å². The van der Waals surface area contributed by atoms with Crippen LogP contribution >= 0.6 is 11.8 Å². The summed E-state index contributed by atoms with van der Waals surface area (Å²) in [6, 6.07) is 9.65. The maximum absolute atomic E-state index is 12.5. The lowest BCUT2D eigenvalue weighted by Gasteiger charge is -2.41. The second-order valence-corrected chi connectivity index (χ2v) is 8.06. The van der Waals surface area contributed by atoms with Crippen LogP contribution in [0.5, 0.6) is 0 Å². The van der Waals surface area contributed by atoms with Gasteiger partial charge in [-0.05, 0) is 7.05 Å². The van der Waals surface area contributed by atoms with Crippen LogP contribution in [-0.4, -0.2) is 72.5 Å². The number of hydrogen-bond acceptors (Lipinski definition) is 5. The molecule has 0 radical (unpaired) electrons. The fraction of sp³-hybridized carbons (Fsp3) is 0.611. The number of hydrogen-bond donors (Lipinski definition) is 1. The average molecular weight is 336 g/mol. The van der Waals surface area contributed by atoms with Crippen LogP contribution in [0.2, 0.25) is 0 Å². The number of ketones is 1. The predicted molar refractivity (Wildman–Crippen MR) is 99.2 cm³/mol. The second kappa shape index (κ2) is 9.42. The molecule has 4 nitrogen and oxygen atoms in total. The molecular weight excluding hydrogens is 306 g/mol. The Balaban J connectivity index is 1.97. The van der Waals surface area contributed by atoms with Crippen LogP contribution in [0.15, 0.2) is 30.3 Å². The van der Waals surface area contributed by atoms with E-state index < -0.39 is 0 Å². The number of piperazine rings is 1. The molecule has 0 aliphatic carbocycles. The Morgan fingerprint density at radius 1 is 1.30 bits per heavy atom. The summed E-state index contributed by atoms with van der Waals surface area (Å²) in [4.78, 5) is 17.4. The normalized spacial score (nSPS) is 20.1. The van der Waals surface area contributed by atoms with Gasteiger partial charge in [0.1, 0.15) is 0 Å². The largest absolute Gasteiger partial charge is 0.318 e. The van der Waals surface area contributed by atoms with Crippen molar-refractivity contribution in [3.8, 4) is 0 Å². The SMILES string of the molecule is CNCCN1CCN(CC(=O)c2ccccc2)C(SC(C)C)C1. The molecule has 0 spiro atoms. The van der Waals surface area contributed by atoms with Crippen molar-refractivity contribution in [2.45, 2.75) is 24.5 Å². The Bertz CT molecular complexity index is 480. The summed E-state index contributed by atoms with van der Waals surface area (Å²) in [7, 11) is 2.00. The summed E-state index contributed by atoms with van der Waals surface area (Å²) in [6.45, 7) is 10.1. The van der Waals surface area contributed by atoms with Gasteiger partial charge in [0.05, 0.1) is 11.9 Å². The Morgan fingerprint density at radius 2 is 2.04 bits per heavy atom. The number of nitrogens with zero attached hydrogens (tertiary/aromatic N) is 2. The summed E-state index contributed by atoms with van der Waals surface area (Å²) in [5.41, 5.74) is 0.818. The Kier molecular flexibility index (Phi) is 7.56. The van der Waals surface area contributed by atoms with E-state index in [2.05, 4.69) is 29.0 Å². The maximum atomic E-state index is 12.5. The van der Waals surface area contributed by atoms with Crippen LogP contribution in [0.1, 0.15) is 24.2 Å². The van der Waals surface area contributed by atoms with Gasteiger partial charge in [-0.1, -0.05) is 44.2 Å². The number of benzene rings is 1. The number of likely N-dealkylation sites (N-methyl/N-ethyl adjacent to an activating group) is 1. The fourth-order valence-corrected chi connectivity index (χ4v) is 4.12. The summed E-state index contributed by atoms with van der Waals surface area (Å²) < 4.78 is 0. The zero-order chi connectivity index (χ0) is 16.7. The minimum Gasteiger partial charge on any atom is -0.318 e. The van der Waals surface area contributed by atoms with Crippen molar-refractivity contribution in [1.29, 1.82) is 0 Å². The average Bonchev–Trinajstić information content (AvgIpc) is 2.55. The standard InChI is InChI=1S/C18H29N3OS/c1-15(2)23-18-14-20(10-9-19-3)11-12-21(18)13-17(22)16-7-5-4-6-8-16/h4-8,15,18-19H,9-14H2,1-3H3. The first kappa shape index (κ1) is 18.5. The first-order chi connectivity index (χ1) is 11.1. The predicted octanol–water partition coefficient (Wildman–Crippen LogP) is 2.17. The van der Waals surface area contributed by atoms with Gasteiger partial charge in [0.15, 0.2) is 5.78 Å². The van der Waals surface area contributed by atoms with Crippen molar-refractivity contribution < 1.29 is 4.79 Å². The van der Waals surface area contributed by atoms with E-state index >= 15 is 0 Å². The molecule has 1 aromatic carbocycles. The number of thioether (sulfide) groups is 1. The van der Waals surface area contributed by atoms with Crippen molar-refractivity contribution >= 4 is 17.5 Å². The highest BCUT2D eigenvalue weighted by Crippen LogP contribution is 2.25. The zero-order valence-corrected chi connectivity index (χ0v) is 15.3. The van der Waals surface area contributed by atoms with Gasteiger partial charge in [0.25, 0.3) is 0 Å². The first-order valence-corrected chi connectivity index (χ1v) is 9.39. The zero-order valence-electron chi connectivity index (χ0n) is 14.5. The minimum absolute atomic E-state index is 0.226. The van der Waals surface area contributed by atoms with Crippen molar-refractivity contribution in [3.63, 3.8) is 0 Å². The van der Waals surface area contributed by atoms with Crippen LogP contribution in [0, 0.1) is 0 Å². The van der Waals surface area contributed by atoms with E-state index in [1.807, 2.05) is 49.1 Å². The highest BCUT2D eigenvalue weighted by Gasteiger charge is 2.29. The third-order valence-electron chi connectivity index (χ3n) is 4.07. The molecule has 1 aromatic rings. The molecule has 1 fully saturated rings. The minimum atomic E-state index is 0.226. The summed E-state index contributed by atoms with van der Waals surface area (Å²) >= 11 is 1.97. The molecule has 23 heavy (non-hydrogen) atoms. The molecule has 0 bridgehead atoms. The summed E-state index contributed by atoms with van der Waals surface area (Å²) in [5.74, 6) is 0.226. The molecule has 1 aliphatic rings. The molecule has 1 saturated heterocycles. The molecule has 0 amide bonds. The number of nitrogens with one attached hydrogen (secondary N) is 1. The van der Waals surface area contributed by atoms with Crippen molar-refractivity contribution in [1.82, 2.24) is 15.1 Å². The lowest BCUT2D eigenvalue weighted by molar-refractivity contribution is 0.0814. The summed E-state index contributed by atoms with van der Waals surface area (Å²) in [6.07, 6.45) is 0. The molecule has 1 unspecified atom stereocenters. The number of carbonyl (C=O) groups excluding carboxylic acids is 1. The van der Waals surface area contributed by atoms with E-state index in [4.69, 9.17) is 0 Å². The Hall–Kier alpha value is -0.880. The second-order valence-electron chi connectivity index (χ2n) is 6.30. The van der Waals surface area contributed by atoms with Gasteiger partial charge in [-0.15, -0.1) is 11.8 Å². The highest BCUT2D eigenvalue weighted by atomic mass is 32.2. The van der Waals surface area contributed by atoms with Gasteiger partial charge in [-0.25, -0.2) is 0 Å². The highest BCUT2D eigenvalue weighted by molar-refractivity contribution is 8.00. The maximum Gasteiger partial charge on any atom is 0.176 e. The van der Waals surface area contributed by atoms with Gasteiger partial charge in [-0.3, -0.25) is 14.6 Å². The van der Waals surface area contributed by atoms with Crippen LogP contribution in [0.25, 0.3) is 0 Å². The van der Waals surface area contributed by atoms with Crippen LogP contribution in [0.4, 0.5) is 0 Å². The molecule has 128 valence electrons. The molecule has 0 aromatic heterocycles. The lowest BCUT2D eigenvalue weighted by Crippen LogP contribution is -2.54. The number of rotatable bonds is 8.